The van der Waals surface area contributed by atoms with E-state index in [1.54, 1.807) is 0 Å². The van der Waals surface area contributed by atoms with Crippen molar-refractivity contribution in [2.24, 2.45) is 0 Å². The third-order valence-electron chi connectivity index (χ3n) is 2.52. The first-order valence-corrected chi connectivity index (χ1v) is 4.91. The highest BCUT2D eigenvalue weighted by Crippen LogP contribution is 2.33. The summed E-state index contributed by atoms with van der Waals surface area (Å²) in [6.45, 7) is 4.21. The molecule has 1 aromatic rings. The van der Waals surface area contributed by atoms with Crippen LogP contribution in [-0.2, 0) is 0 Å². The Morgan fingerprint density at radius 1 is 1.36 bits per heavy atom. The van der Waals surface area contributed by atoms with Crippen LogP contribution in [0.25, 0.3) is 5.57 Å². The van der Waals surface area contributed by atoms with Gasteiger partial charge in [-0.1, -0.05) is 35.9 Å². The number of hydrogen-bond acceptors (Lipinski definition) is 1. The summed E-state index contributed by atoms with van der Waals surface area (Å²) in [5.74, 6) is 0. The highest BCUT2D eigenvalue weighted by molar-refractivity contribution is 5.81. The second-order valence-corrected chi connectivity index (χ2v) is 3.70. The molecule has 0 unspecified atom stereocenters. The first-order chi connectivity index (χ1) is 6.72. The molecule has 0 amide bonds. The lowest BCUT2D eigenvalue weighted by atomic mass is 10.0. The summed E-state index contributed by atoms with van der Waals surface area (Å²) in [4.78, 5) is 2.15. The maximum Gasteiger partial charge on any atom is 0.0645 e. The topological polar surface area (TPSA) is 3.01 Å². The summed E-state index contributed by atoms with van der Waals surface area (Å²) >= 11 is 0. The quantitative estimate of drug-likeness (QED) is 0.683. The first-order valence-electron chi connectivity index (χ1n) is 4.91. The zero-order valence-electron chi connectivity index (χ0n) is 8.91. The van der Waals surface area contributed by atoms with Crippen molar-refractivity contribution in [2.75, 3.05) is 7.05 Å². The fourth-order valence-electron chi connectivity index (χ4n) is 1.69. The van der Waals surface area contributed by atoms with Crippen molar-refractivity contribution in [1.82, 2.24) is 4.90 Å². The van der Waals surface area contributed by atoms with Gasteiger partial charge in [0.25, 0.3) is 0 Å². The molecule has 0 N–H and O–H groups in total. The van der Waals surface area contributed by atoms with Crippen LogP contribution in [0.1, 0.15) is 18.1 Å². The Bertz CT molecular complexity index is 413. The van der Waals surface area contributed by atoms with Crippen LogP contribution >= 0.6 is 0 Å². The highest BCUT2D eigenvalue weighted by atomic mass is 15.2. The summed E-state index contributed by atoms with van der Waals surface area (Å²) in [5.41, 5.74) is 5.28. The van der Waals surface area contributed by atoms with Crippen LogP contribution in [0.15, 0.2) is 42.2 Å². The van der Waals surface area contributed by atoms with Crippen LogP contribution in [0.4, 0.5) is 0 Å². The van der Waals surface area contributed by atoms with Gasteiger partial charge < -0.3 is 4.90 Å². The van der Waals surface area contributed by atoms with Crippen LogP contribution in [0, 0.1) is 6.92 Å². The largest absolute Gasteiger partial charge is 0.347 e. The van der Waals surface area contributed by atoms with Gasteiger partial charge in [-0.15, -0.1) is 0 Å². The van der Waals surface area contributed by atoms with E-state index >= 15 is 0 Å². The third kappa shape index (κ3) is 1.58. The molecule has 1 aromatic carbocycles. The number of allylic oxidation sites excluding steroid dienone is 2. The molecule has 0 atom stereocenters. The van der Waals surface area contributed by atoms with E-state index in [1.807, 2.05) is 0 Å². The minimum Gasteiger partial charge on any atom is -0.347 e. The molecule has 0 fully saturated rings. The molecular weight excluding hydrogens is 170 g/mol. The fraction of sp³-hybridized carbons (Fsp3) is 0.231. The Labute approximate surface area is 85.4 Å². The molecular formula is C13H15N. The van der Waals surface area contributed by atoms with Crippen molar-refractivity contribution in [1.29, 1.82) is 0 Å². The van der Waals surface area contributed by atoms with Gasteiger partial charge in [0.2, 0.25) is 0 Å². The van der Waals surface area contributed by atoms with Crippen LogP contribution in [0.3, 0.4) is 0 Å². The number of aryl methyl sites for hydroxylation is 1. The molecule has 2 rings (SSSR count). The van der Waals surface area contributed by atoms with Gasteiger partial charge in [0.15, 0.2) is 0 Å². The van der Waals surface area contributed by atoms with Gasteiger partial charge in [0.1, 0.15) is 0 Å². The number of likely N-dealkylation sites (N-methyl/N-ethyl adjacent to an activating group) is 1. The molecule has 0 radical (unpaired) electrons. The van der Waals surface area contributed by atoms with Gasteiger partial charge in [-0.05, 0) is 19.4 Å². The van der Waals surface area contributed by atoms with Crippen molar-refractivity contribution < 1.29 is 0 Å². The predicted octanol–water partition coefficient (Wildman–Crippen LogP) is 3.19. The minimum absolute atomic E-state index is 1.31. The second kappa shape index (κ2) is 3.33. The van der Waals surface area contributed by atoms with Crippen LogP contribution in [0.5, 0.6) is 0 Å². The third-order valence-corrected chi connectivity index (χ3v) is 2.52. The van der Waals surface area contributed by atoms with Gasteiger partial charge in [0, 0.05) is 18.8 Å². The Morgan fingerprint density at radius 3 is 2.57 bits per heavy atom. The van der Waals surface area contributed by atoms with E-state index < -0.39 is 0 Å². The summed E-state index contributed by atoms with van der Waals surface area (Å²) < 4.78 is 0. The van der Waals surface area contributed by atoms with Crippen molar-refractivity contribution >= 4 is 5.57 Å². The van der Waals surface area contributed by atoms with Gasteiger partial charge in [-0.3, -0.25) is 0 Å². The van der Waals surface area contributed by atoms with Gasteiger partial charge in [0.05, 0.1) is 5.70 Å². The number of hydrogen-bond donors (Lipinski definition) is 0. The number of nitrogens with zero attached hydrogens (tertiary/aromatic N) is 1. The Kier molecular flexibility index (Phi) is 2.16. The molecule has 0 aromatic heterocycles. The molecule has 72 valence electrons. The molecule has 0 bridgehead atoms. The van der Waals surface area contributed by atoms with Crippen molar-refractivity contribution in [3.63, 3.8) is 0 Å². The predicted molar refractivity (Wildman–Crippen MR) is 60.7 cm³/mol. The monoisotopic (exact) mass is 185 g/mol. The average Bonchev–Trinajstić information content (AvgIpc) is 2.84. The molecule has 1 nitrogen and oxygen atoms in total. The highest BCUT2D eigenvalue weighted by Gasteiger charge is 2.20. The smallest absolute Gasteiger partial charge is 0.0645 e. The van der Waals surface area contributed by atoms with Crippen molar-refractivity contribution in [3.8, 4) is 0 Å². The van der Waals surface area contributed by atoms with E-state index in [0.717, 1.165) is 0 Å². The maximum absolute atomic E-state index is 2.22. The molecule has 0 saturated carbocycles. The molecule has 0 spiro atoms. The lowest BCUT2D eigenvalue weighted by Gasteiger charge is -2.05. The van der Waals surface area contributed by atoms with Gasteiger partial charge in [-0.2, -0.15) is 0 Å². The zero-order chi connectivity index (χ0) is 10.1. The lowest BCUT2D eigenvalue weighted by Crippen LogP contribution is -1.91. The Balaban J connectivity index is 2.34. The minimum atomic E-state index is 1.31. The summed E-state index contributed by atoms with van der Waals surface area (Å²) in [7, 11) is 2.08. The molecule has 1 aliphatic heterocycles. The molecule has 0 saturated heterocycles. The van der Waals surface area contributed by atoms with Crippen LogP contribution in [-0.4, -0.2) is 11.9 Å². The van der Waals surface area contributed by atoms with E-state index in [4.69, 9.17) is 0 Å². The van der Waals surface area contributed by atoms with Crippen molar-refractivity contribution in [3.05, 3.63) is 53.4 Å². The maximum atomic E-state index is 2.22. The normalized spacial score (nSPS) is 15.5. The average molecular weight is 185 g/mol. The van der Waals surface area contributed by atoms with E-state index in [1.165, 1.54) is 22.4 Å². The zero-order valence-corrected chi connectivity index (χ0v) is 8.91. The van der Waals surface area contributed by atoms with E-state index in [-0.39, 0.29) is 0 Å². The van der Waals surface area contributed by atoms with E-state index in [9.17, 15) is 0 Å². The van der Waals surface area contributed by atoms with E-state index in [2.05, 4.69) is 62.3 Å². The van der Waals surface area contributed by atoms with E-state index in [0.29, 0.717) is 0 Å². The number of benzene rings is 1. The van der Waals surface area contributed by atoms with Gasteiger partial charge in [-0.25, -0.2) is 0 Å². The summed E-state index contributed by atoms with van der Waals surface area (Å²) in [5, 5.41) is 0. The Morgan fingerprint density at radius 2 is 2.07 bits per heavy atom. The summed E-state index contributed by atoms with van der Waals surface area (Å²) in [6.07, 6.45) is 4.32. The molecule has 1 heterocycles. The first kappa shape index (κ1) is 9.07. The van der Waals surface area contributed by atoms with Crippen LogP contribution < -0.4 is 0 Å². The molecule has 14 heavy (non-hydrogen) atoms. The SMILES string of the molecule is CC=C(C1=CN1C)c1cccc(C)c1. The Hall–Kier alpha value is -1.50. The fourth-order valence-corrected chi connectivity index (χ4v) is 1.69. The summed E-state index contributed by atoms with van der Waals surface area (Å²) in [6, 6.07) is 8.62. The molecule has 1 heteroatoms. The lowest BCUT2D eigenvalue weighted by molar-refractivity contribution is 0.737. The van der Waals surface area contributed by atoms with Gasteiger partial charge >= 0.3 is 0 Å². The van der Waals surface area contributed by atoms with Crippen LogP contribution in [0.2, 0.25) is 0 Å². The molecule has 1 aliphatic rings. The van der Waals surface area contributed by atoms with Crippen molar-refractivity contribution in [2.45, 2.75) is 13.8 Å². The molecule has 0 aliphatic carbocycles. The standard InChI is InChI=1S/C13H15N/c1-4-12(13-9-14(13)3)11-7-5-6-10(2)8-11/h4-9H,1-3H3. The second-order valence-electron chi connectivity index (χ2n) is 3.70. The number of rotatable bonds is 2.